The van der Waals surface area contributed by atoms with E-state index in [-0.39, 0.29) is 53.8 Å². The van der Waals surface area contributed by atoms with Gasteiger partial charge in [-0.05, 0) is 37.5 Å². The van der Waals surface area contributed by atoms with E-state index in [1.807, 2.05) is 0 Å². The fourth-order valence-corrected chi connectivity index (χ4v) is 4.76. The third-order valence-corrected chi connectivity index (χ3v) is 6.00. The Morgan fingerprint density at radius 2 is 1.85 bits per heavy atom. The Morgan fingerprint density at radius 1 is 1.24 bits per heavy atom. The smallest absolute Gasteiger partial charge is 0.416 e. The predicted molar refractivity (Wildman–Crippen MR) is 124 cm³/mol. The van der Waals surface area contributed by atoms with Gasteiger partial charge in [-0.1, -0.05) is 32.9 Å². The van der Waals surface area contributed by atoms with Gasteiger partial charge in [-0.3, -0.25) is 5.10 Å². The van der Waals surface area contributed by atoms with Gasteiger partial charge in [-0.15, -0.1) is 13.2 Å². The number of hydrogen-bond donors (Lipinski definition) is 1. The number of amides is 1. The monoisotopic (exact) mass is 453 g/mol. The van der Waals surface area contributed by atoms with Crippen LogP contribution in [0.3, 0.4) is 0 Å². The topological polar surface area (TPSA) is 93.3 Å². The molecule has 2 heterocycles. The van der Waals surface area contributed by atoms with E-state index in [0.717, 1.165) is 12.8 Å². The molecule has 9 nitrogen and oxygen atoms in total. The van der Waals surface area contributed by atoms with Crippen molar-refractivity contribution in [3.63, 3.8) is 0 Å². The van der Waals surface area contributed by atoms with Gasteiger partial charge < -0.3 is 14.4 Å². The number of rotatable bonds is 7. The lowest BCUT2D eigenvalue weighted by molar-refractivity contribution is -0.0249. The van der Waals surface area contributed by atoms with Gasteiger partial charge in [-0.2, -0.15) is 0 Å². The second-order valence-corrected chi connectivity index (χ2v) is 8.86. The summed E-state index contributed by atoms with van der Waals surface area (Å²) in [6, 6.07) is 0. The van der Waals surface area contributed by atoms with E-state index in [2.05, 4.69) is 48.9 Å². The van der Waals surface area contributed by atoms with Gasteiger partial charge in [0.05, 0.1) is 6.57 Å². The third kappa shape index (κ3) is 4.80. The van der Waals surface area contributed by atoms with Gasteiger partial charge in [-0.25, -0.2) is 23.9 Å². The summed E-state index contributed by atoms with van der Waals surface area (Å²) in [6.45, 7) is 23.5. The molecule has 176 valence electrons. The van der Waals surface area contributed by atoms with Crippen LogP contribution >= 0.6 is 0 Å². The van der Waals surface area contributed by atoms with Crippen molar-refractivity contribution in [2.45, 2.75) is 46.6 Å². The largest absolute Gasteiger partial charge is 0.459 e. The lowest BCUT2D eigenvalue weighted by atomic mass is 9.75. The molecule has 1 fully saturated rings. The fraction of sp³-hybridized carbons (Fsp3) is 0.500. The van der Waals surface area contributed by atoms with E-state index in [1.54, 1.807) is 19.1 Å². The molecular weight excluding hydrogens is 422 g/mol. The van der Waals surface area contributed by atoms with Crippen molar-refractivity contribution in [1.82, 2.24) is 19.5 Å². The Hall–Kier alpha value is -3.54. The number of carbonyl (C=O) groups excluding carboxylic acids is 2. The Balaban J connectivity index is 1.99. The van der Waals surface area contributed by atoms with Crippen molar-refractivity contribution in [1.29, 1.82) is 0 Å². The number of esters is 1. The number of aromatic amines is 1. The lowest BCUT2D eigenvalue weighted by Gasteiger charge is -2.37. The molecule has 0 aromatic carbocycles. The van der Waals surface area contributed by atoms with Crippen LogP contribution in [0.1, 0.15) is 49.8 Å². The molecule has 33 heavy (non-hydrogen) atoms. The molecule has 0 bridgehead atoms. The Kier molecular flexibility index (Phi) is 7.26. The maximum atomic E-state index is 13.3. The van der Waals surface area contributed by atoms with Gasteiger partial charge in [0.1, 0.15) is 17.5 Å². The molecule has 2 aromatic heterocycles. The third-order valence-electron chi connectivity index (χ3n) is 6.00. The van der Waals surface area contributed by atoms with E-state index in [1.165, 1.54) is 9.42 Å². The number of aromatic nitrogens is 3. The molecule has 2 aromatic rings. The van der Waals surface area contributed by atoms with Gasteiger partial charge in [0.2, 0.25) is 5.88 Å². The predicted octanol–water partition coefficient (Wildman–Crippen LogP) is 4.92. The molecule has 1 amide bonds. The first-order chi connectivity index (χ1) is 15.7. The zero-order chi connectivity index (χ0) is 24.3. The molecule has 1 saturated carbocycles. The summed E-state index contributed by atoms with van der Waals surface area (Å²) in [7, 11) is 0. The summed E-state index contributed by atoms with van der Waals surface area (Å²) in [5.74, 6) is 0.723. The summed E-state index contributed by atoms with van der Waals surface area (Å²) in [5.41, 5.74) is 0.0673. The fourth-order valence-electron chi connectivity index (χ4n) is 4.76. The van der Waals surface area contributed by atoms with Crippen LogP contribution in [0.4, 0.5) is 10.5 Å². The number of nitrogens with one attached hydrogen (secondary N) is 1. The Labute approximate surface area is 193 Å². The van der Waals surface area contributed by atoms with E-state index >= 15 is 0 Å². The van der Waals surface area contributed by atoms with Gasteiger partial charge in [0.15, 0.2) is 5.65 Å². The zero-order valence-corrected chi connectivity index (χ0v) is 19.6. The van der Waals surface area contributed by atoms with Crippen LogP contribution in [-0.2, 0) is 4.74 Å². The van der Waals surface area contributed by atoms with Crippen LogP contribution in [0.25, 0.3) is 10.5 Å². The summed E-state index contributed by atoms with van der Waals surface area (Å²) in [5, 5.41) is 2.93. The second-order valence-electron chi connectivity index (χ2n) is 8.86. The average molecular weight is 454 g/mol. The standard InChI is InChI=1S/C24H31N5O4/c1-8-10-28(11-9-2)24(31)33-22-19(25-7)18(21-26-17(6)27-29(21)22)23(30)32-20-15(4)12-14(3)13-16(20)5/h8-9,14-16,20H,1-2,10-13H2,3-6H3,(H,26,27). The maximum absolute atomic E-state index is 13.3. The number of nitrogens with zero attached hydrogens (tertiary/aromatic N) is 4. The maximum Gasteiger partial charge on any atom is 0.416 e. The molecule has 9 heteroatoms. The van der Waals surface area contributed by atoms with Crippen molar-refractivity contribution in [3.8, 4) is 5.88 Å². The summed E-state index contributed by atoms with van der Waals surface area (Å²) in [6.07, 6.45) is 4.10. The first kappa shape index (κ1) is 24.1. The number of H-pyrrole nitrogens is 1. The molecule has 2 unspecified atom stereocenters. The molecular formula is C24H31N5O4. The van der Waals surface area contributed by atoms with Gasteiger partial charge in [0, 0.05) is 13.1 Å². The van der Waals surface area contributed by atoms with Crippen molar-refractivity contribution < 1.29 is 19.1 Å². The zero-order valence-electron chi connectivity index (χ0n) is 19.6. The lowest BCUT2D eigenvalue weighted by Crippen LogP contribution is -2.37. The summed E-state index contributed by atoms with van der Waals surface area (Å²) >= 11 is 0. The van der Waals surface area contributed by atoms with Crippen molar-refractivity contribution >= 4 is 23.4 Å². The van der Waals surface area contributed by atoms with E-state index in [0.29, 0.717) is 11.7 Å². The van der Waals surface area contributed by atoms with E-state index in [4.69, 9.17) is 16.0 Å². The van der Waals surface area contributed by atoms with Crippen molar-refractivity contribution in [2.24, 2.45) is 17.8 Å². The first-order valence-electron chi connectivity index (χ1n) is 11.1. The van der Waals surface area contributed by atoms with Crippen LogP contribution in [0.2, 0.25) is 0 Å². The molecule has 2 atom stereocenters. The van der Waals surface area contributed by atoms with Crippen LogP contribution in [0.15, 0.2) is 25.3 Å². The minimum absolute atomic E-state index is 0.00540. The SMILES string of the molecule is [C-]#[N+]c1c(C(=O)OC2C(C)CC(C)CC2C)c2nc(C)[nH]n2c1OC(=O)N(CC=C)CC=C. The number of hydrogen-bond acceptors (Lipinski definition) is 5. The Morgan fingerprint density at radius 3 is 2.39 bits per heavy atom. The van der Waals surface area contributed by atoms with Gasteiger partial charge in [0.25, 0.3) is 5.69 Å². The normalized spacial score (nSPS) is 22.4. The number of aryl methyl sites for hydroxylation is 1. The van der Waals surface area contributed by atoms with Crippen LogP contribution < -0.4 is 4.74 Å². The minimum atomic E-state index is -0.699. The number of ether oxygens (including phenoxy) is 2. The molecule has 0 radical (unpaired) electrons. The summed E-state index contributed by atoms with van der Waals surface area (Å²) < 4.78 is 12.8. The highest BCUT2D eigenvalue weighted by molar-refractivity contribution is 6.05. The molecule has 3 rings (SSSR count). The van der Waals surface area contributed by atoms with E-state index in [9.17, 15) is 9.59 Å². The van der Waals surface area contributed by atoms with Crippen molar-refractivity contribution in [2.75, 3.05) is 13.1 Å². The second kappa shape index (κ2) is 9.94. The van der Waals surface area contributed by atoms with Crippen LogP contribution in [0, 0.1) is 31.2 Å². The molecule has 0 aliphatic heterocycles. The van der Waals surface area contributed by atoms with Crippen LogP contribution in [0.5, 0.6) is 5.88 Å². The molecule has 1 aliphatic carbocycles. The average Bonchev–Trinajstić information content (AvgIpc) is 3.25. The molecule has 0 spiro atoms. The molecule has 1 N–H and O–H groups in total. The summed E-state index contributed by atoms with van der Waals surface area (Å²) in [4.78, 5) is 35.3. The molecule has 1 aliphatic rings. The van der Waals surface area contributed by atoms with E-state index < -0.39 is 12.1 Å². The quantitative estimate of drug-likeness (QED) is 0.365. The number of fused-ring (bicyclic) bond motifs is 1. The van der Waals surface area contributed by atoms with Crippen LogP contribution in [-0.4, -0.2) is 50.8 Å². The van der Waals surface area contributed by atoms with Gasteiger partial charge >= 0.3 is 12.1 Å². The highest BCUT2D eigenvalue weighted by Gasteiger charge is 2.37. The highest BCUT2D eigenvalue weighted by atomic mass is 16.6. The Bertz CT molecular complexity index is 1090. The minimum Gasteiger partial charge on any atom is -0.459 e. The highest BCUT2D eigenvalue weighted by Crippen LogP contribution is 2.40. The first-order valence-corrected chi connectivity index (χ1v) is 11.1. The van der Waals surface area contributed by atoms with Crippen molar-refractivity contribution in [3.05, 3.63) is 48.1 Å². The molecule has 0 saturated heterocycles. The number of carbonyl (C=O) groups is 2.